The van der Waals surface area contributed by atoms with Gasteiger partial charge in [-0.2, -0.15) is 0 Å². The van der Waals surface area contributed by atoms with Gasteiger partial charge >= 0.3 is 5.97 Å². The highest BCUT2D eigenvalue weighted by atomic mass is 16.4. The van der Waals surface area contributed by atoms with E-state index >= 15 is 0 Å². The lowest BCUT2D eigenvalue weighted by molar-refractivity contribution is -0.150. The normalized spacial score (nSPS) is 29.2. The van der Waals surface area contributed by atoms with E-state index in [0.717, 1.165) is 6.42 Å². The number of carboxylic acids is 1. The largest absolute Gasteiger partial charge is 0.481 e. The Morgan fingerprint density at radius 3 is 2.57 bits per heavy atom. The molecule has 0 aromatic heterocycles. The summed E-state index contributed by atoms with van der Waals surface area (Å²) >= 11 is 0. The molecule has 21 heavy (non-hydrogen) atoms. The van der Waals surface area contributed by atoms with Crippen LogP contribution in [0.1, 0.15) is 40.5 Å². The molecule has 1 aliphatic rings. The summed E-state index contributed by atoms with van der Waals surface area (Å²) in [6.07, 6.45) is 6.51. The molecule has 0 bridgehead atoms. The number of hydrogen-bond acceptors (Lipinski definition) is 3. The number of carbonyl (C=O) groups is 2. The lowest BCUT2D eigenvalue weighted by atomic mass is 9.61. The molecular formula is C16H26N2O3. The minimum atomic E-state index is -0.731. The molecule has 4 unspecified atom stereocenters. The Balaban J connectivity index is 2.68. The zero-order valence-electron chi connectivity index (χ0n) is 13.3. The first kappa shape index (κ1) is 17.5. The molecule has 0 spiro atoms. The van der Waals surface area contributed by atoms with Gasteiger partial charge in [-0.1, -0.05) is 26.7 Å². The highest BCUT2D eigenvalue weighted by Gasteiger charge is 2.46. The van der Waals surface area contributed by atoms with E-state index < -0.39 is 5.97 Å². The van der Waals surface area contributed by atoms with Gasteiger partial charge in [-0.25, -0.2) is 0 Å². The molecule has 0 saturated heterocycles. The molecule has 0 aliphatic heterocycles. The maximum atomic E-state index is 11.9. The molecule has 1 aliphatic carbocycles. The molecule has 3 N–H and O–H groups in total. The van der Waals surface area contributed by atoms with Crippen molar-refractivity contribution < 1.29 is 14.7 Å². The van der Waals surface area contributed by atoms with Crippen LogP contribution >= 0.6 is 0 Å². The number of amides is 1. The molecule has 1 rings (SSSR count). The molecule has 5 nitrogen and oxygen atoms in total. The van der Waals surface area contributed by atoms with E-state index in [1.165, 1.54) is 0 Å². The van der Waals surface area contributed by atoms with Crippen LogP contribution in [0.4, 0.5) is 0 Å². The zero-order chi connectivity index (χ0) is 16.2. The van der Waals surface area contributed by atoms with Gasteiger partial charge in [0.25, 0.3) is 0 Å². The molecule has 0 aromatic rings. The average molecular weight is 294 g/mol. The Hall–Kier alpha value is -1.54. The highest BCUT2D eigenvalue weighted by Crippen LogP contribution is 2.45. The van der Waals surface area contributed by atoms with Gasteiger partial charge in [0, 0.05) is 6.04 Å². The van der Waals surface area contributed by atoms with Crippen molar-refractivity contribution in [2.45, 2.75) is 52.6 Å². The van der Waals surface area contributed by atoms with Crippen LogP contribution in [0.3, 0.4) is 0 Å². The van der Waals surface area contributed by atoms with Gasteiger partial charge in [0.2, 0.25) is 5.91 Å². The molecule has 4 atom stereocenters. The van der Waals surface area contributed by atoms with Crippen molar-refractivity contribution >= 4 is 11.9 Å². The predicted octanol–water partition coefficient (Wildman–Crippen LogP) is 1.24. The molecule has 0 aromatic carbocycles. The summed E-state index contributed by atoms with van der Waals surface area (Å²) in [5.41, 5.74) is -0.309. The molecule has 5 heteroatoms. The molecule has 1 saturated carbocycles. The van der Waals surface area contributed by atoms with Crippen molar-refractivity contribution in [3.05, 3.63) is 0 Å². The third kappa shape index (κ3) is 3.98. The highest BCUT2D eigenvalue weighted by molar-refractivity contribution is 5.81. The van der Waals surface area contributed by atoms with Crippen LogP contribution in [0.15, 0.2) is 0 Å². The van der Waals surface area contributed by atoms with Crippen molar-refractivity contribution in [3.8, 4) is 12.3 Å². The van der Waals surface area contributed by atoms with E-state index in [1.54, 1.807) is 6.92 Å². The number of terminal acetylenes is 1. The maximum absolute atomic E-state index is 11.9. The summed E-state index contributed by atoms with van der Waals surface area (Å²) in [6, 6.07) is -0.217. The Bertz CT molecular complexity index is 439. The summed E-state index contributed by atoms with van der Waals surface area (Å²) in [5.74, 6) is 1.34. The Morgan fingerprint density at radius 1 is 1.43 bits per heavy atom. The van der Waals surface area contributed by atoms with Gasteiger partial charge in [0.1, 0.15) is 0 Å². The van der Waals surface area contributed by atoms with E-state index in [-0.39, 0.29) is 41.8 Å². The van der Waals surface area contributed by atoms with Crippen LogP contribution in [0.5, 0.6) is 0 Å². The fourth-order valence-corrected chi connectivity index (χ4v) is 3.16. The quantitative estimate of drug-likeness (QED) is 0.667. The summed E-state index contributed by atoms with van der Waals surface area (Å²) in [4.78, 5) is 23.2. The number of hydrogen-bond donors (Lipinski definition) is 3. The molecule has 1 fully saturated rings. The van der Waals surface area contributed by atoms with Gasteiger partial charge in [-0.3, -0.25) is 9.59 Å². The first-order chi connectivity index (χ1) is 9.71. The standard InChI is InChI=1S/C16H26N2O3/c1-6-9-17-14(19)11(3)18-13-8-7-12(15(20)21)16(4,5)10(13)2/h1,10-13,18H,7-9H2,2-5H3,(H,17,19)(H,20,21). The summed E-state index contributed by atoms with van der Waals surface area (Å²) in [7, 11) is 0. The Kier molecular flexibility index (Phi) is 5.79. The number of carboxylic acid groups (broad SMARTS) is 1. The molecular weight excluding hydrogens is 268 g/mol. The van der Waals surface area contributed by atoms with Crippen LogP contribution in [-0.2, 0) is 9.59 Å². The van der Waals surface area contributed by atoms with Crippen LogP contribution in [-0.4, -0.2) is 35.6 Å². The van der Waals surface area contributed by atoms with Crippen LogP contribution in [0.2, 0.25) is 0 Å². The zero-order valence-corrected chi connectivity index (χ0v) is 13.3. The van der Waals surface area contributed by atoms with E-state index in [1.807, 2.05) is 13.8 Å². The second-order valence-corrected chi connectivity index (χ2v) is 6.49. The summed E-state index contributed by atoms with van der Waals surface area (Å²) in [6.45, 7) is 8.06. The Morgan fingerprint density at radius 2 is 2.05 bits per heavy atom. The molecule has 118 valence electrons. The van der Waals surface area contributed by atoms with Crippen LogP contribution in [0, 0.1) is 29.6 Å². The Labute approximate surface area is 126 Å². The van der Waals surface area contributed by atoms with Crippen LogP contribution in [0.25, 0.3) is 0 Å². The van der Waals surface area contributed by atoms with E-state index in [4.69, 9.17) is 6.42 Å². The third-order valence-electron chi connectivity index (χ3n) is 4.96. The van der Waals surface area contributed by atoms with E-state index in [0.29, 0.717) is 6.42 Å². The smallest absolute Gasteiger partial charge is 0.307 e. The van der Waals surface area contributed by atoms with Gasteiger partial charge in [-0.15, -0.1) is 6.42 Å². The monoisotopic (exact) mass is 294 g/mol. The van der Waals surface area contributed by atoms with Gasteiger partial charge in [0.15, 0.2) is 0 Å². The van der Waals surface area contributed by atoms with Gasteiger partial charge in [0.05, 0.1) is 18.5 Å². The minimum Gasteiger partial charge on any atom is -0.481 e. The fraction of sp³-hybridized carbons (Fsp3) is 0.750. The molecule has 0 radical (unpaired) electrons. The average Bonchev–Trinajstić information content (AvgIpc) is 2.40. The number of nitrogens with one attached hydrogen (secondary N) is 2. The number of aliphatic carboxylic acids is 1. The second-order valence-electron chi connectivity index (χ2n) is 6.49. The topological polar surface area (TPSA) is 78.4 Å². The maximum Gasteiger partial charge on any atom is 0.307 e. The second kappa shape index (κ2) is 6.95. The van der Waals surface area contributed by atoms with Crippen molar-refractivity contribution in [2.75, 3.05) is 6.54 Å². The number of carbonyl (C=O) groups excluding carboxylic acids is 1. The lowest BCUT2D eigenvalue weighted by Gasteiger charge is -2.47. The first-order valence-electron chi connectivity index (χ1n) is 7.41. The van der Waals surface area contributed by atoms with Crippen molar-refractivity contribution in [1.82, 2.24) is 10.6 Å². The van der Waals surface area contributed by atoms with Gasteiger partial charge in [-0.05, 0) is 31.1 Å². The predicted molar refractivity (Wildman–Crippen MR) is 81.5 cm³/mol. The molecule has 0 heterocycles. The third-order valence-corrected chi connectivity index (χ3v) is 4.96. The minimum absolute atomic E-state index is 0.127. The van der Waals surface area contributed by atoms with Gasteiger partial charge < -0.3 is 15.7 Å². The SMILES string of the molecule is C#CCNC(=O)C(C)NC1CCC(C(=O)O)C(C)(C)C1C. The molecule has 1 amide bonds. The van der Waals surface area contributed by atoms with Crippen molar-refractivity contribution in [3.63, 3.8) is 0 Å². The van der Waals surface area contributed by atoms with E-state index in [9.17, 15) is 14.7 Å². The summed E-state index contributed by atoms with van der Waals surface area (Å²) < 4.78 is 0. The van der Waals surface area contributed by atoms with Crippen LogP contribution < -0.4 is 10.6 Å². The fourth-order valence-electron chi connectivity index (χ4n) is 3.16. The number of rotatable bonds is 5. The lowest BCUT2D eigenvalue weighted by Crippen LogP contribution is -2.55. The van der Waals surface area contributed by atoms with E-state index in [2.05, 4.69) is 23.5 Å². The first-order valence-corrected chi connectivity index (χ1v) is 7.41. The van der Waals surface area contributed by atoms with Crippen molar-refractivity contribution in [2.24, 2.45) is 17.3 Å². The van der Waals surface area contributed by atoms with Crippen molar-refractivity contribution in [1.29, 1.82) is 0 Å². The summed E-state index contributed by atoms with van der Waals surface area (Å²) in [5, 5.41) is 15.3.